The van der Waals surface area contributed by atoms with Crippen LogP contribution in [0.3, 0.4) is 0 Å². The minimum Gasteiger partial charge on any atom is -0.490 e. The van der Waals surface area contributed by atoms with E-state index in [-0.39, 0.29) is 0 Å². The lowest BCUT2D eigenvalue weighted by Gasteiger charge is -2.06. The first-order valence-electron chi connectivity index (χ1n) is 6.10. The Balaban J connectivity index is 2.23. The molecule has 1 aromatic carbocycles. The molecule has 0 atom stereocenters. The summed E-state index contributed by atoms with van der Waals surface area (Å²) in [6.45, 7) is 6.86. The van der Waals surface area contributed by atoms with Gasteiger partial charge in [-0.3, -0.25) is 0 Å². The molecule has 94 valence electrons. The van der Waals surface area contributed by atoms with Gasteiger partial charge in [0.1, 0.15) is 12.4 Å². The van der Waals surface area contributed by atoms with Crippen LogP contribution in [-0.4, -0.2) is 19.7 Å². The Morgan fingerprint density at radius 2 is 2.00 bits per heavy atom. The molecule has 1 rings (SSSR count). The van der Waals surface area contributed by atoms with E-state index in [0.717, 1.165) is 38.2 Å². The van der Waals surface area contributed by atoms with E-state index in [1.54, 1.807) is 6.08 Å². The van der Waals surface area contributed by atoms with E-state index in [1.807, 2.05) is 12.1 Å². The second kappa shape index (κ2) is 8.79. The standard InChI is InChI=1S/C14H22N2O/c1-2-11-17-14-7-5-13(6-8-14)12-16-10-4-3-9-15/h2,5-8,16H,1,3-4,9-12,15H2. The molecule has 0 aromatic heterocycles. The van der Waals surface area contributed by atoms with Crippen LogP contribution >= 0.6 is 0 Å². The van der Waals surface area contributed by atoms with Crippen molar-refractivity contribution < 1.29 is 4.74 Å². The first-order valence-corrected chi connectivity index (χ1v) is 6.10. The fourth-order valence-electron chi connectivity index (χ4n) is 1.49. The van der Waals surface area contributed by atoms with Crippen LogP contribution in [0.25, 0.3) is 0 Å². The number of nitrogens with one attached hydrogen (secondary N) is 1. The minimum atomic E-state index is 0.552. The fraction of sp³-hybridized carbons (Fsp3) is 0.429. The number of hydrogen-bond donors (Lipinski definition) is 2. The maximum atomic E-state index is 5.43. The zero-order valence-corrected chi connectivity index (χ0v) is 10.3. The van der Waals surface area contributed by atoms with Crippen molar-refractivity contribution in [2.45, 2.75) is 19.4 Å². The van der Waals surface area contributed by atoms with Crippen molar-refractivity contribution >= 4 is 0 Å². The highest BCUT2D eigenvalue weighted by Gasteiger charge is 1.94. The third-order valence-electron chi connectivity index (χ3n) is 2.43. The molecule has 0 radical (unpaired) electrons. The highest BCUT2D eigenvalue weighted by Crippen LogP contribution is 2.11. The van der Waals surface area contributed by atoms with E-state index < -0.39 is 0 Å². The van der Waals surface area contributed by atoms with Crippen molar-refractivity contribution in [3.63, 3.8) is 0 Å². The molecule has 3 nitrogen and oxygen atoms in total. The number of ether oxygens (including phenoxy) is 1. The van der Waals surface area contributed by atoms with Crippen molar-refractivity contribution in [1.82, 2.24) is 5.32 Å². The molecule has 3 N–H and O–H groups in total. The van der Waals surface area contributed by atoms with Crippen LogP contribution in [0.15, 0.2) is 36.9 Å². The molecule has 0 bridgehead atoms. The first-order chi connectivity index (χ1) is 8.36. The van der Waals surface area contributed by atoms with Gasteiger partial charge in [0.2, 0.25) is 0 Å². The van der Waals surface area contributed by atoms with Gasteiger partial charge in [0, 0.05) is 6.54 Å². The number of nitrogens with two attached hydrogens (primary N) is 1. The van der Waals surface area contributed by atoms with E-state index in [9.17, 15) is 0 Å². The Hall–Kier alpha value is -1.32. The Kier molecular flexibility index (Phi) is 7.11. The van der Waals surface area contributed by atoms with Crippen LogP contribution in [0.1, 0.15) is 18.4 Å². The van der Waals surface area contributed by atoms with Gasteiger partial charge in [0.15, 0.2) is 0 Å². The molecular weight excluding hydrogens is 212 g/mol. The van der Waals surface area contributed by atoms with E-state index in [0.29, 0.717) is 6.61 Å². The van der Waals surface area contributed by atoms with Crippen LogP contribution < -0.4 is 15.8 Å². The summed E-state index contributed by atoms with van der Waals surface area (Å²) in [5.74, 6) is 0.886. The normalized spacial score (nSPS) is 10.2. The summed E-state index contributed by atoms with van der Waals surface area (Å²) in [7, 11) is 0. The summed E-state index contributed by atoms with van der Waals surface area (Å²) in [4.78, 5) is 0. The van der Waals surface area contributed by atoms with Crippen LogP contribution in [-0.2, 0) is 6.54 Å². The molecule has 0 fully saturated rings. The maximum absolute atomic E-state index is 5.43. The maximum Gasteiger partial charge on any atom is 0.119 e. The monoisotopic (exact) mass is 234 g/mol. The quantitative estimate of drug-likeness (QED) is 0.508. The van der Waals surface area contributed by atoms with Crippen molar-refractivity contribution in [2.24, 2.45) is 5.73 Å². The molecular formula is C14H22N2O. The smallest absolute Gasteiger partial charge is 0.119 e. The van der Waals surface area contributed by atoms with Crippen molar-refractivity contribution in [3.05, 3.63) is 42.5 Å². The molecule has 0 saturated carbocycles. The molecule has 0 spiro atoms. The predicted octanol–water partition coefficient (Wildman–Crippen LogP) is 2.08. The summed E-state index contributed by atoms with van der Waals surface area (Å²) < 4.78 is 5.42. The van der Waals surface area contributed by atoms with Gasteiger partial charge in [-0.15, -0.1) is 0 Å². The van der Waals surface area contributed by atoms with Crippen LogP contribution in [0.2, 0.25) is 0 Å². The molecule has 0 heterocycles. The fourth-order valence-corrected chi connectivity index (χ4v) is 1.49. The molecule has 3 heteroatoms. The average molecular weight is 234 g/mol. The Labute approximate surface area is 104 Å². The van der Waals surface area contributed by atoms with Gasteiger partial charge >= 0.3 is 0 Å². The highest BCUT2D eigenvalue weighted by atomic mass is 16.5. The number of unbranched alkanes of at least 4 members (excludes halogenated alkanes) is 1. The predicted molar refractivity (Wildman–Crippen MR) is 72.1 cm³/mol. The van der Waals surface area contributed by atoms with Crippen LogP contribution in [0.4, 0.5) is 0 Å². The SMILES string of the molecule is C=CCOc1ccc(CNCCCCN)cc1. The lowest BCUT2D eigenvalue weighted by Crippen LogP contribution is -2.15. The summed E-state index contributed by atoms with van der Waals surface area (Å²) in [6, 6.07) is 8.13. The average Bonchev–Trinajstić information content (AvgIpc) is 2.37. The van der Waals surface area contributed by atoms with Gasteiger partial charge in [-0.25, -0.2) is 0 Å². The van der Waals surface area contributed by atoms with E-state index in [2.05, 4.69) is 24.0 Å². The Morgan fingerprint density at radius 3 is 2.65 bits per heavy atom. The number of hydrogen-bond acceptors (Lipinski definition) is 3. The first kappa shape index (κ1) is 13.7. The van der Waals surface area contributed by atoms with Gasteiger partial charge in [-0.1, -0.05) is 24.8 Å². The van der Waals surface area contributed by atoms with Crippen molar-refractivity contribution in [3.8, 4) is 5.75 Å². The molecule has 0 aliphatic rings. The lowest BCUT2D eigenvalue weighted by molar-refractivity contribution is 0.363. The van der Waals surface area contributed by atoms with Crippen LogP contribution in [0.5, 0.6) is 5.75 Å². The van der Waals surface area contributed by atoms with E-state index >= 15 is 0 Å². The topological polar surface area (TPSA) is 47.3 Å². The molecule has 0 aliphatic carbocycles. The van der Waals surface area contributed by atoms with Gasteiger partial charge < -0.3 is 15.8 Å². The molecule has 17 heavy (non-hydrogen) atoms. The molecule has 0 unspecified atom stereocenters. The van der Waals surface area contributed by atoms with E-state index in [4.69, 9.17) is 10.5 Å². The Morgan fingerprint density at radius 1 is 1.24 bits per heavy atom. The van der Waals surface area contributed by atoms with Crippen molar-refractivity contribution in [1.29, 1.82) is 0 Å². The van der Waals surface area contributed by atoms with Gasteiger partial charge in [-0.05, 0) is 43.6 Å². The van der Waals surface area contributed by atoms with Crippen LogP contribution in [0, 0.1) is 0 Å². The summed E-state index contributed by atoms with van der Waals surface area (Å²) in [6.07, 6.45) is 3.96. The summed E-state index contributed by atoms with van der Waals surface area (Å²) >= 11 is 0. The Bertz CT molecular complexity index is 309. The molecule has 0 aliphatic heterocycles. The second-order valence-electron chi connectivity index (χ2n) is 3.92. The van der Waals surface area contributed by atoms with Gasteiger partial charge in [-0.2, -0.15) is 0 Å². The molecule has 1 aromatic rings. The minimum absolute atomic E-state index is 0.552. The largest absolute Gasteiger partial charge is 0.490 e. The summed E-state index contributed by atoms with van der Waals surface area (Å²) in [5.41, 5.74) is 6.70. The summed E-state index contributed by atoms with van der Waals surface area (Å²) in [5, 5.41) is 3.39. The zero-order valence-electron chi connectivity index (χ0n) is 10.3. The molecule has 0 amide bonds. The molecule has 0 saturated heterocycles. The van der Waals surface area contributed by atoms with Gasteiger partial charge in [0.25, 0.3) is 0 Å². The lowest BCUT2D eigenvalue weighted by atomic mass is 10.2. The zero-order chi connectivity index (χ0) is 12.3. The van der Waals surface area contributed by atoms with Gasteiger partial charge in [0.05, 0.1) is 0 Å². The third kappa shape index (κ3) is 6.09. The third-order valence-corrected chi connectivity index (χ3v) is 2.43. The number of rotatable bonds is 9. The number of benzene rings is 1. The second-order valence-corrected chi connectivity index (χ2v) is 3.92. The van der Waals surface area contributed by atoms with E-state index in [1.165, 1.54) is 5.56 Å². The van der Waals surface area contributed by atoms with Crippen molar-refractivity contribution in [2.75, 3.05) is 19.7 Å². The highest BCUT2D eigenvalue weighted by molar-refractivity contribution is 5.27.